The van der Waals surface area contributed by atoms with E-state index < -0.39 is 0 Å². The molecule has 1 heterocycles. The fourth-order valence-electron chi connectivity index (χ4n) is 2.37. The number of likely N-dealkylation sites (N-methyl/N-ethyl adjacent to an activating group) is 1. The van der Waals surface area contributed by atoms with Crippen LogP contribution in [0.25, 0.3) is 0 Å². The van der Waals surface area contributed by atoms with E-state index in [1.165, 1.54) is 0 Å². The van der Waals surface area contributed by atoms with Gasteiger partial charge in [-0.25, -0.2) is 0 Å². The topological polar surface area (TPSA) is 59.4 Å². The quantitative estimate of drug-likeness (QED) is 0.881. The number of carbonyl (C=O) groups is 1. The third-order valence-corrected chi connectivity index (χ3v) is 3.53. The molecule has 0 radical (unpaired) electrons. The largest absolute Gasteiger partial charge is 0.364 e. The standard InChI is InChI=1S/C15H20N4O/c1-12-3-4-14(13(9-12)10-16)18(2)11-15(20)19-7-5-17-6-8-19/h3-4,9,17H,5-8,11H2,1-2H3. The molecule has 0 unspecified atom stereocenters. The third-order valence-electron chi connectivity index (χ3n) is 3.53. The summed E-state index contributed by atoms with van der Waals surface area (Å²) in [7, 11) is 1.85. The Morgan fingerprint density at radius 3 is 2.80 bits per heavy atom. The lowest BCUT2D eigenvalue weighted by Crippen LogP contribution is -2.49. The zero-order chi connectivity index (χ0) is 14.5. The highest BCUT2D eigenvalue weighted by atomic mass is 16.2. The Balaban J connectivity index is 2.06. The minimum atomic E-state index is 0.110. The van der Waals surface area contributed by atoms with Gasteiger partial charge < -0.3 is 15.1 Å². The van der Waals surface area contributed by atoms with Crippen LogP contribution in [0.4, 0.5) is 5.69 Å². The molecule has 0 bridgehead atoms. The summed E-state index contributed by atoms with van der Waals surface area (Å²) in [5.74, 6) is 0.110. The summed E-state index contributed by atoms with van der Waals surface area (Å²) in [6, 6.07) is 7.90. The molecular weight excluding hydrogens is 252 g/mol. The van der Waals surface area contributed by atoms with Crippen LogP contribution in [0.1, 0.15) is 11.1 Å². The number of aryl methyl sites for hydroxylation is 1. The number of piperazine rings is 1. The van der Waals surface area contributed by atoms with E-state index in [2.05, 4.69) is 11.4 Å². The van der Waals surface area contributed by atoms with E-state index >= 15 is 0 Å². The van der Waals surface area contributed by atoms with E-state index in [1.54, 1.807) is 0 Å². The van der Waals surface area contributed by atoms with Crippen molar-refractivity contribution in [2.24, 2.45) is 0 Å². The minimum Gasteiger partial charge on any atom is -0.364 e. The summed E-state index contributed by atoms with van der Waals surface area (Å²) >= 11 is 0. The van der Waals surface area contributed by atoms with Crippen molar-refractivity contribution >= 4 is 11.6 Å². The van der Waals surface area contributed by atoms with Gasteiger partial charge in [0.15, 0.2) is 0 Å². The van der Waals surface area contributed by atoms with Crippen molar-refractivity contribution < 1.29 is 4.79 Å². The first kappa shape index (κ1) is 14.4. The van der Waals surface area contributed by atoms with Gasteiger partial charge in [-0.15, -0.1) is 0 Å². The van der Waals surface area contributed by atoms with Crippen LogP contribution in [-0.4, -0.2) is 50.6 Å². The van der Waals surface area contributed by atoms with E-state index in [0.717, 1.165) is 37.4 Å². The Morgan fingerprint density at radius 1 is 1.45 bits per heavy atom. The van der Waals surface area contributed by atoms with Crippen molar-refractivity contribution in [1.82, 2.24) is 10.2 Å². The van der Waals surface area contributed by atoms with Gasteiger partial charge in [-0.05, 0) is 24.6 Å². The van der Waals surface area contributed by atoms with E-state index in [9.17, 15) is 10.1 Å². The van der Waals surface area contributed by atoms with Crippen LogP contribution < -0.4 is 10.2 Å². The van der Waals surface area contributed by atoms with Crippen LogP contribution >= 0.6 is 0 Å². The molecule has 1 saturated heterocycles. The molecule has 1 aliphatic heterocycles. The summed E-state index contributed by atoms with van der Waals surface area (Å²) in [5.41, 5.74) is 2.47. The summed E-state index contributed by atoms with van der Waals surface area (Å²) in [5, 5.41) is 12.4. The molecular formula is C15H20N4O. The fourth-order valence-corrected chi connectivity index (χ4v) is 2.37. The van der Waals surface area contributed by atoms with Gasteiger partial charge in [0.1, 0.15) is 6.07 Å². The Bertz CT molecular complexity index is 529. The molecule has 1 N–H and O–H groups in total. The fraction of sp³-hybridized carbons (Fsp3) is 0.467. The van der Waals surface area contributed by atoms with Gasteiger partial charge in [0.2, 0.25) is 5.91 Å². The molecule has 0 spiro atoms. The van der Waals surface area contributed by atoms with E-state index in [1.807, 2.05) is 42.0 Å². The molecule has 1 fully saturated rings. The summed E-state index contributed by atoms with van der Waals surface area (Å²) in [6.07, 6.45) is 0. The van der Waals surface area contributed by atoms with Gasteiger partial charge in [0, 0.05) is 33.2 Å². The molecule has 0 aromatic heterocycles. The zero-order valence-corrected chi connectivity index (χ0v) is 12.0. The van der Waals surface area contributed by atoms with Crippen LogP contribution in [-0.2, 0) is 4.79 Å². The van der Waals surface area contributed by atoms with E-state index in [0.29, 0.717) is 12.1 Å². The van der Waals surface area contributed by atoms with Gasteiger partial charge in [-0.1, -0.05) is 6.07 Å². The summed E-state index contributed by atoms with van der Waals surface area (Å²) in [4.78, 5) is 15.9. The van der Waals surface area contributed by atoms with Crippen molar-refractivity contribution in [3.8, 4) is 6.07 Å². The lowest BCUT2D eigenvalue weighted by Gasteiger charge is -2.30. The minimum absolute atomic E-state index is 0.110. The monoisotopic (exact) mass is 272 g/mol. The molecule has 1 aromatic rings. The number of anilines is 1. The van der Waals surface area contributed by atoms with Crippen LogP contribution in [0.2, 0.25) is 0 Å². The predicted octanol–water partition coefficient (Wildman–Crippen LogP) is 0.735. The molecule has 0 saturated carbocycles. The lowest BCUT2D eigenvalue weighted by atomic mass is 10.1. The number of carbonyl (C=O) groups excluding carboxylic acids is 1. The first-order valence-corrected chi connectivity index (χ1v) is 6.82. The zero-order valence-electron chi connectivity index (χ0n) is 12.0. The lowest BCUT2D eigenvalue weighted by molar-refractivity contribution is -0.130. The average molecular weight is 272 g/mol. The first-order chi connectivity index (χ1) is 9.61. The number of benzene rings is 1. The number of hydrogen-bond donors (Lipinski definition) is 1. The van der Waals surface area contributed by atoms with Crippen LogP contribution in [0.15, 0.2) is 18.2 Å². The Hall–Kier alpha value is -2.06. The van der Waals surface area contributed by atoms with Gasteiger partial charge in [0.25, 0.3) is 0 Å². The number of hydrogen-bond acceptors (Lipinski definition) is 4. The average Bonchev–Trinajstić information content (AvgIpc) is 2.47. The van der Waals surface area contributed by atoms with Gasteiger partial charge in [0.05, 0.1) is 17.8 Å². The molecule has 106 valence electrons. The molecule has 5 heteroatoms. The van der Waals surface area contributed by atoms with Crippen molar-refractivity contribution in [3.63, 3.8) is 0 Å². The summed E-state index contributed by atoms with van der Waals surface area (Å²) in [6.45, 7) is 5.47. The smallest absolute Gasteiger partial charge is 0.242 e. The maximum Gasteiger partial charge on any atom is 0.242 e. The predicted molar refractivity (Wildman–Crippen MR) is 78.6 cm³/mol. The highest BCUT2D eigenvalue weighted by Crippen LogP contribution is 2.20. The molecule has 0 atom stereocenters. The second-order valence-corrected chi connectivity index (χ2v) is 5.12. The molecule has 0 aliphatic carbocycles. The Morgan fingerprint density at radius 2 is 2.15 bits per heavy atom. The van der Waals surface area contributed by atoms with Crippen LogP contribution in [0.5, 0.6) is 0 Å². The number of nitrogens with one attached hydrogen (secondary N) is 1. The number of rotatable bonds is 3. The van der Waals surface area contributed by atoms with Gasteiger partial charge >= 0.3 is 0 Å². The maximum atomic E-state index is 12.2. The third kappa shape index (κ3) is 3.28. The molecule has 2 rings (SSSR count). The molecule has 5 nitrogen and oxygen atoms in total. The Labute approximate surface area is 119 Å². The molecule has 1 aliphatic rings. The van der Waals surface area contributed by atoms with Crippen LogP contribution in [0, 0.1) is 18.3 Å². The molecule has 1 amide bonds. The van der Waals surface area contributed by atoms with Crippen molar-refractivity contribution in [2.75, 3.05) is 44.7 Å². The molecule has 20 heavy (non-hydrogen) atoms. The number of nitrogens with zero attached hydrogens (tertiary/aromatic N) is 3. The van der Waals surface area contributed by atoms with Gasteiger partial charge in [-0.2, -0.15) is 5.26 Å². The normalized spacial score (nSPS) is 14.8. The second-order valence-electron chi connectivity index (χ2n) is 5.12. The molecule has 1 aromatic carbocycles. The van der Waals surface area contributed by atoms with Crippen molar-refractivity contribution in [1.29, 1.82) is 5.26 Å². The number of amides is 1. The second kappa shape index (κ2) is 6.40. The first-order valence-electron chi connectivity index (χ1n) is 6.82. The maximum absolute atomic E-state index is 12.2. The number of nitriles is 1. The van der Waals surface area contributed by atoms with E-state index in [4.69, 9.17) is 0 Å². The van der Waals surface area contributed by atoms with E-state index in [-0.39, 0.29) is 5.91 Å². The van der Waals surface area contributed by atoms with Gasteiger partial charge in [-0.3, -0.25) is 4.79 Å². The Kier molecular flexibility index (Phi) is 4.59. The van der Waals surface area contributed by atoms with Crippen molar-refractivity contribution in [3.05, 3.63) is 29.3 Å². The van der Waals surface area contributed by atoms with Crippen LogP contribution in [0.3, 0.4) is 0 Å². The summed E-state index contributed by atoms with van der Waals surface area (Å²) < 4.78 is 0. The SMILES string of the molecule is Cc1ccc(N(C)CC(=O)N2CCNCC2)c(C#N)c1. The highest BCUT2D eigenvalue weighted by molar-refractivity contribution is 5.82. The van der Waals surface area contributed by atoms with Crippen molar-refractivity contribution in [2.45, 2.75) is 6.92 Å². The highest BCUT2D eigenvalue weighted by Gasteiger charge is 2.18.